The van der Waals surface area contributed by atoms with Gasteiger partial charge in [-0.2, -0.15) is 0 Å². The Morgan fingerprint density at radius 2 is 2.00 bits per heavy atom. The third-order valence-corrected chi connectivity index (χ3v) is 3.96. The summed E-state index contributed by atoms with van der Waals surface area (Å²) in [4.78, 5) is 0. The molecule has 1 aliphatic carbocycles. The Hall–Kier alpha value is -0.560. The second-order valence-electron chi connectivity index (χ2n) is 4.92. The minimum atomic E-state index is -1.17. The summed E-state index contributed by atoms with van der Waals surface area (Å²) in [7, 11) is 0. The molecule has 0 saturated heterocycles. The molecule has 1 aromatic carbocycles. The van der Waals surface area contributed by atoms with Crippen molar-refractivity contribution in [3.8, 4) is 0 Å². The number of hydrogen-bond donors (Lipinski definition) is 0. The van der Waals surface area contributed by atoms with E-state index < -0.39 is 5.67 Å². The van der Waals surface area contributed by atoms with E-state index in [2.05, 4.69) is 0 Å². The van der Waals surface area contributed by atoms with Crippen LogP contribution < -0.4 is 0 Å². The second-order valence-corrected chi connectivity index (χ2v) is 5.35. The summed E-state index contributed by atoms with van der Waals surface area (Å²) in [6.07, 6.45) is 2.97. The molecule has 0 N–H and O–H groups in total. The molecular weight excluding hydrogens is 211 g/mol. The highest BCUT2D eigenvalue weighted by Gasteiger charge is 2.51. The first-order valence-corrected chi connectivity index (χ1v) is 5.78. The van der Waals surface area contributed by atoms with E-state index in [9.17, 15) is 4.39 Å². The van der Waals surface area contributed by atoms with E-state index in [1.165, 1.54) is 0 Å². The predicted molar refractivity (Wildman–Crippen MR) is 62.2 cm³/mol. The third-order valence-electron chi connectivity index (χ3n) is 3.72. The topological polar surface area (TPSA) is 0 Å². The molecule has 0 spiro atoms. The van der Waals surface area contributed by atoms with Crippen LogP contribution >= 0.6 is 11.6 Å². The van der Waals surface area contributed by atoms with Gasteiger partial charge >= 0.3 is 0 Å². The Labute approximate surface area is 95.4 Å². The van der Waals surface area contributed by atoms with Crippen molar-refractivity contribution in [2.24, 2.45) is 0 Å². The predicted octanol–water partition coefficient (Wildman–Crippen LogP) is 4.51. The molecule has 0 aromatic heterocycles. The Morgan fingerprint density at radius 3 is 2.40 bits per heavy atom. The van der Waals surface area contributed by atoms with E-state index in [-0.39, 0.29) is 5.41 Å². The Kier molecular flexibility index (Phi) is 2.54. The second kappa shape index (κ2) is 3.48. The van der Waals surface area contributed by atoms with Gasteiger partial charge in [-0.05, 0) is 44.4 Å². The summed E-state index contributed by atoms with van der Waals surface area (Å²) in [5.74, 6) is 0. The lowest BCUT2D eigenvalue weighted by Crippen LogP contribution is -2.49. The number of benzene rings is 1. The minimum absolute atomic E-state index is 0.308. The molecule has 0 amide bonds. The maximum Gasteiger partial charge on any atom is 0.115 e. The van der Waals surface area contributed by atoms with Gasteiger partial charge in [0.1, 0.15) is 5.67 Å². The van der Waals surface area contributed by atoms with E-state index in [1.807, 2.05) is 24.3 Å². The first-order valence-electron chi connectivity index (χ1n) is 5.41. The van der Waals surface area contributed by atoms with E-state index in [0.29, 0.717) is 5.02 Å². The van der Waals surface area contributed by atoms with Crippen LogP contribution in [-0.2, 0) is 5.41 Å². The molecule has 2 heteroatoms. The van der Waals surface area contributed by atoms with Gasteiger partial charge < -0.3 is 0 Å². The van der Waals surface area contributed by atoms with Gasteiger partial charge in [-0.3, -0.25) is 0 Å². The first-order chi connectivity index (χ1) is 6.96. The van der Waals surface area contributed by atoms with Gasteiger partial charge in [0, 0.05) is 10.4 Å². The molecule has 0 nitrogen and oxygen atoms in total. The summed E-state index contributed by atoms with van der Waals surface area (Å²) in [5, 5.41) is 0.697. The first kappa shape index (κ1) is 10.9. The van der Waals surface area contributed by atoms with Crippen molar-refractivity contribution < 1.29 is 4.39 Å². The zero-order valence-corrected chi connectivity index (χ0v) is 9.94. The number of alkyl halides is 1. The third kappa shape index (κ3) is 1.67. The van der Waals surface area contributed by atoms with Crippen LogP contribution in [0.4, 0.5) is 4.39 Å². The zero-order valence-electron chi connectivity index (χ0n) is 9.19. The van der Waals surface area contributed by atoms with Crippen LogP contribution in [0.5, 0.6) is 0 Å². The number of rotatable bonds is 2. The van der Waals surface area contributed by atoms with Gasteiger partial charge in [-0.1, -0.05) is 30.2 Å². The molecule has 82 valence electrons. The molecule has 1 saturated carbocycles. The molecule has 0 bridgehead atoms. The lowest BCUT2D eigenvalue weighted by atomic mass is 9.57. The lowest BCUT2D eigenvalue weighted by molar-refractivity contribution is 0.0268. The van der Waals surface area contributed by atoms with Crippen LogP contribution in [0, 0.1) is 0 Å². The fourth-order valence-electron chi connectivity index (χ4n) is 2.54. The Balaban J connectivity index is 2.43. The Morgan fingerprint density at radius 1 is 1.33 bits per heavy atom. The van der Waals surface area contributed by atoms with Crippen LogP contribution in [0.3, 0.4) is 0 Å². The molecular formula is C13H16ClF. The normalized spacial score (nSPS) is 19.7. The van der Waals surface area contributed by atoms with Crippen molar-refractivity contribution in [3.05, 3.63) is 34.9 Å². The lowest BCUT2D eigenvalue weighted by Gasteiger charge is -2.49. The molecule has 1 aromatic rings. The molecule has 0 aliphatic heterocycles. The molecule has 0 radical (unpaired) electrons. The number of hydrogen-bond acceptors (Lipinski definition) is 0. The zero-order chi connectivity index (χ0) is 11.1. The van der Waals surface area contributed by atoms with Crippen molar-refractivity contribution >= 4 is 11.6 Å². The summed E-state index contributed by atoms with van der Waals surface area (Å²) < 4.78 is 14.3. The number of halogens is 2. The molecule has 2 rings (SSSR count). The van der Waals surface area contributed by atoms with Crippen molar-refractivity contribution in [2.45, 2.75) is 44.2 Å². The molecule has 0 atom stereocenters. The van der Waals surface area contributed by atoms with Crippen LogP contribution in [-0.4, -0.2) is 5.67 Å². The summed E-state index contributed by atoms with van der Waals surface area (Å²) in [5.41, 5.74) is -0.429. The van der Waals surface area contributed by atoms with Gasteiger partial charge in [0.15, 0.2) is 0 Å². The fourth-order valence-corrected chi connectivity index (χ4v) is 2.73. The van der Waals surface area contributed by atoms with Crippen LogP contribution in [0.25, 0.3) is 0 Å². The van der Waals surface area contributed by atoms with Gasteiger partial charge in [-0.25, -0.2) is 4.39 Å². The minimum Gasteiger partial charge on any atom is -0.244 e. The highest BCUT2D eigenvalue weighted by molar-refractivity contribution is 6.30. The molecule has 0 unspecified atom stereocenters. The highest BCUT2D eigenvalue weighted by Crippen LogP contribution is 2.53. The van der Waals surface area contributed by atoms with E-state index in [1.54, 1.807) is 13.8 Å². The Bertz CT molecular complexity index is 361. The van der Waals surface area contributed by atoms with E-state index in [0.717, 1.165) is 24.8 Å². The fraction of sp³-hybridized carbons (Fsp3) is 0.538. The van der Waals surface area contributed by atoms with Crippen molar-refractivity contribution in [1.82, 2.24) is 0 Å². The van der Waals surface area contributed by atoms with Gasteiger partial charge in [0.25, 0.3) is 0 Å². The van der Waals surface area contributed by atoms with Gasteiger partial charge in [-0.15, -0.1) is 0 Å². The average Bonchev–Trinajstić information content (AvgIpc) is 1.98. The smallest absolute Gasteiger partial charge is 0.115 e. The molecule has 0 heterocycles. The standard InChI is InChI=1S/C13H16ClF/c1-12(2,15)13(7-4-8-13)10-5-3-6-11(14)9-10/h3,5-6,9H,4,7-8H2,1-2H3. The summed E-state index contributed by atoms with van der Waals surface area (Å²) in [6.45, 7) is 3.35. The largest absolute Gasteiger partial charge is 0.244 e. The maximum absolute atomic E-state index is 14.3. The van der Waals surface area contributed by atoms with Crippen LogP contribution in [0.1, 0.15) is 38.7 Å². The maximum atomic E-state index is 14.3. The van der Waals surface area contributed by atoms with E-state index in [4.69, 9.17) is 11.6 Å². The van der Waals surface area contributed by atoms with Gasteiger partial charge in [0.05, 0.1) is 0 Å². The van der Waals surface area contributed by atoms with Crippen LogP contribution in [0.2, 0.25) is 5.02 Å². The van der Waals surface area contributed by atoms with Gasteiger partial charge in [0.2, 0.25) is 0 Å². The SMILES string of the molecule is CC(C)(F)C1(c2cccc(Cl)c2)CCC1. The summed E-state index contributed by atoms with van der Waals surface area (Å²) >= 11 is 5.96. The molecule has 1 fully saturated rings. The van der Waals surface area contributed by atoms with Crippen molar-refractivity contribution in [2.75, 3.05) is 0 Å². The summed E-state index contributed by atoms with van der Waals surface area (Å²) in [6, 6.07) is 7.64. The van der Waals surface area contributed by atoms with Crippen molar-refractivity contribution in [1.29, 1.82) is 0 Å². The quantitative estimate of drug-likeness (QED) is 0.696. The highest BCUT2D eigenvalue weighted by atomic mass is 35.5. The van der Waals surface area contributed by atoms with Crippen LogP contribution in [0.15, 0.2) is 24.3 Å². The molecule has 1 aliphatic rings. The van der Waals surface area contributed by atoms with E-state index >= 15 is 0 Å². The monoisotopic (exact) mass is 226 g/mol. The molecule has 15 heavy (non-hydrogen) atoms. The average molecular weight is 227 g/mol. The van der Waals surface area contributed by atoms with Crippen molar-refractivity contribution in [3.63, 3.8) is 0 Å².